The summed E-state index contributed by atoms with van der Waals surface area (Å²) in [5, 5.41) is 0. The second-order valence-electron chi connectivity index (χ2n) is 6.11. The topological polar surface area (TPSA) is 3.24 Å². The highest BCUT2D eigenvalue weighted by atomic mass is 15.1. The third kappa shape index (κ3) is 3.48. The van der Waals surface area contributed by atoms with Crippen molar-refractivity contribution in [1.29, 1.82) is 0 Å². The lowest BCUT2D eigenvalue weighted by molar-refractivity contribution is 0.173. The third-order valence-corrected chi connectivity index (χ3v) is 4.64. The van der Waals surface area contributed by atoms with Crippen molar-refractivity contribution in [2.45, 2.75) is 51.9 Å². The maximum Gasteiger partial charge on any atom is -0.00191 e. The van der Waals surface area contributed by atoms with Gasteiger partial charge in [-0.1, -0.05) is 32.6 Å². The summed E-state index contributed by atoms with van der Waals surface area (Å²) < 4.78 is 0. The summed E-state index contributed by atoms with van der Waals surface area (Å²) in [6, 6.07) is 0. The second kappa shape index (κ2) is 5.34. The normalized spacial score (nSPS) is 35.6. The first-order valence-corrected chi connectivity index (χ1v) is 6.92. The third-order valence-electron chi connectivity index (χ3n) is 4.64. The number of piperidine rings is 1. The molecule has 1 saturated carbocycles. The Morgan fingerprint density at radius 1 is 0.867 bits per heavy atom. The van der Waals surface area contributed by atoms with Gasteiger partial charge in [0.15, 0.2) is 0 Å². The van der Waals surface area contributed by atoms with Gasteiger partial charge in [0.1, 0.15) is 0 Å². The van der Waals surface area contributed by atoms with E-state index < -0.39 is 0 Å². The van der Waals surface area contributed by atoms with Crippen LogP contribution < -0.4 is 0 Å². The molecule has 1 heterocycles. The Bertz CT molecular complexity index is 154. The molecule has 2 fully saturated rings. The molecule has 0 aromatic heterocycles. The maximum absolute atomic E-state index is 2.49. The SMILES string of the molecule is CC1CCC(CC2CCN(C)CC2)CC1. The van der Waals surface area contributed by atoms with Crippen LogP contribution in [0.15, 0.2) is 0 Å². The van der Waals surface area contributed by atoms with Gasteiger partial charge in [0.25, 0.3) is 0 Å². The van der Waals surface area contributed by atoms with Gasteiger partial charge >= 0.3 is 0 Å². The van der Waals surface area contributed by atoms with Gasteiger partial charge in [-0.15, -0.1) is 0 Å². The average Bonchev–Trinajstić information content (AvgIpc) is 2.25. The fourth-order valence-electron chi connectivity index (χ4n) is 3.33. The number of rotatable bonds is 2. The number of likely N-dealkylation sites (tertiary alicyclic amines) is 1. The molecule has 1 nitrogen and oxygen atoms in total. The molecule has 1 aliphatic heterocycles. The molecule has 1 aliphatic carbocycles. The first-order chi connectivity index (χ1) is 7.24. The van der Waals surface area contributed by atoms with Crippen LogP contribution in [0.5, 0.6) is 0 Å². The van der Waals surface area contributed by atoms with Crippen LogP contribution in [-0.4, -0.2) is 25.0 Å². The van der Waals surface area contributed by atoms with Crippen molar-refractivity contribution in [3.05, 3.63) is 0 Å². The Kier molecular flexibility index (Phi) is 4.07. The van der Waals surface area contributed by atoms with E-state index in [1.54, 1.807) is 6.42 Å². The van der Waals surface area contributed by atoms with E-state index in [1.807, 2.05) is 0 Å². The van der Waals surface area contributed by atoms with Crippen molar-refractivity contribution in [2.75, 3.05) is 20.1 Å². The van der Waals surface area contributed by atoms with Crippen molar-refractivity contribution in [1.82, 2.24) is 4.90 Å². The van der Waals surface area contributed by atoms with Gasteiger partial charge in [-0.25, -0.2) is 0 Å². The van der Waals surface area contributed by atoms with Crippen LogP contribution in [0.3, 0.4) is 0 Å². The molecular formula is C14H27N. The van der Waals surface area contributed by atoms with Crippen molar-refractivity contribution < 1.29 is 0 Å². The van der Waals surface area contributed by atoms with E-state index in [4.69, 9.17) is 0 Å². The van der Waals surface area contributed by atoms with Crippen LogP contribution in [0.4, 0.5) is 0 Å². The highest BCUT2D eigenvalue weighted by Gasteiger charge is 2.23. The van der Waals surface area contributed by atoms with Crippen LogP contribution >= 0.6 is 0 Å². The molecule has 0 unspecified atom stereocenters. The van der Waals surface area contributed by atoms with Crippen LogP contribution in [0, 0.1) is 17.8 Å². The molecule has 1 heteroatoms. The van der Waals surface area contributed by atoms with E-state index in [1.165, 1.54) is 51.6 Å². The molecule has 2 rings (SSSR count). The lowest BCUT2D eigenvalue weighted by Crippen LogP contribution is -2.31. The van der Waals surface area contributed by atoms with Crippen molar-refractivity contribution in [3.8, 4) is 0 Å². The van der Waals surface area contributed by atoms with Crippen LogP contribution in [0.25, 0.3) is 0 Å². The molecule has 0 spiro atoms. The predicted molar refractivity (Wildman–Crippen MR) is 66.0 cm³/mol. The Labute approximate surface area is 95.2 Å². The van der Waals surface area contributed by atoms with E-state index in [9.17, 15) is 0 Å². The smallest absolute Gasteiger partial charge is 0.00191 e. The molecule has 0 amide bonds. The van der Waals surface area contributed by atoms with E-state index in [2.05, 4.69) is 18.9 Å². The lowest BCUT2D eigenvalue weighted by Gasteiger charge is -2.33. The minimum atomic E-state index is 1.01. The van der Waals surface area contributed by atoms with E-state index >= 15 is 0 Å². The summed E-state index contributed by atoms with van der Waals surface area (Å²) in [7, 11) is 2.26. The molecule has 0 aromatic carbocycles. The van der Waals surface area contributed by atoms with Crippen LogP contribution in [0.2, 0.25) is 0 Å². The lowest BCUT2D eigenvalue weighted by atomic mass is 9.77. The van der Waals surface area contributed by atoms with Gasteiger partial charge in [0, 0.05) is 0 Å². The summed E-state index contributed by atoms with van der Waals surface area (Å²) in [5.41, 5.74) is 0. The average molecular weight is 209 g/mol. The van der Waals surface area contributed by atoms with Crippen LogP contribution in [-0.2, 0) is 0 Å². The molecule has 0 N–H and O–H groups in total. The van der Waals surface area contributed by atoms with Gasteiger partial charge in [-0.05, 0) is 57.2 Å². The number of nitrogens with zero attached hydrogens (tertiary/aromatic N) is 1. The fourth-order valence-corrected chi connectivity index (χ4v) is 3.33. The summed E-state index contributed by atoms with van der Waals surface area (Å²) in [4.78, 5) is 2.49. The quantitative estimate of drug-likeness (QED) is 0.672. The number of hydrogen-bond donors (Lipinski definition) is 0. The van der Waals surface area contributed by atoms with Crippen molar-refractivity contribution in [2.24, 2.45) is 17.8 Å². The summed E-state index contributed by atoms with van der Waals surface area (Å²) in [5.74, 6) is 3.15. The molecule has 1 saturated heterocycles. The van der Waals surface area contributed by atoms with E-state index in [0.717, 1.165) is 17.8 Å². The van der Waals surface area contributed by atoms with Crippen molar-refractivity contribution >= 4 is 0 Å². The highest BCUT2D eigenvalue weighted by molar-refractivity contribution is 4.76. The highest BCUT2D eigenvalue weighted by Crippen LogP contribution is 2.34. The Hall–Kier alpha value is -0.0400. The summed E-state index contributed by atoms with van der Waals surface area (Å²) in [6.45, 7) is 5.10. The van der Waals surface area contributed by atoms with Gasteiger partial charge in [-0.2, -0.15) is 0 Å². The van der Waals surface area contributed by atoms with Gasteiger partial charge < -0.3 is 4.90 Å². The first kappa shape index (κ1) is 11.4. The standard InChI is InChI=1S/C14H27N/c1-12-3-5-13(6-4-12)11-14-7-9-15(2)10-8-14/h12-14H,3-11H2,1-2H3. The molecular weight excluding hydrogens is 182 g/mol. The largest absolute Gasteiger partial charge is 0.306 e. The van der Waals surface area contributed by atoms with Crippen molar-refractivity contribution in [3.63, 3.8) is 0 Å². The molecule has 2 aliphatic rings. The molecule has 88 valence electrons. The van der Waals surface area contributed by atoms with E-state index in [-0.39, 0.29) is 0 Å². The van der Waals surface area contributed by atoms with E-state index in [0.29, 0.717) is 0 Å². The molecule has 0 atom stereocenters. The zero-order valence-electron chi connectivity index (χ0n) is 10.5. The predicted octanol–water partition coefficient (Wildman–Crippen LogP) is 3.54. The van der Waals surface area contributed by atoms with Crippen LogP contribution in [0.1, 0.15) is 51.9 Å². The molecule has 15 heavy (non-hydrogen) atoms. The number of hydrogen-bond acceptors (Lipinski definition) is 1. The fraction of sp³-hybridized carbons (Fsp3) is 1.00. The zero-order chi connectivity index (χ0) is 10.7. The Morgan fingerprint density at radius 3 is 2.00 bits per heavy atom. The van der Waals surface area contributed by atoms with Gasteiger partial charge in [0.2, 0.25) is 0 Å². The molecule has 0 radical (unpaired) electrons. The Morgan fingerprint density at radius 2 is 1.40 bits per heavy atom. The molecule has 0 bridgehead atoms. The maximum atomic E-state index is 2.49. The minimum absolute atomic E-state index is 1.01. The summed E-state index contributed by atoms with van der Waals surface area (Å²) >= 11 is 0. The van der Waals surface area contributed by atoms with Gasteiger partial charge in [-0.3, -0.25) is 0 Å². The first-order valence-electron chi connectivity index (χ1n) is 6.92. The summed E-state index contributed by atoms with van der Waals surface area (Å²) in [6.07, 6.45) is 10.5. The molecule has 0 aromatic rings. The minimum Gasteiger partial charge on any atom is -0.306 e. The zero-order valence-corrected chi connectivity index (χ0v) is 10.5. The monoisotopic (exact) mass is 209 g/mol. The Balaban J connectivity index is 1.68. The van der Waals surface area contributed by atoms with Gasteiger partial charge in [0.05, 0.1) is 0 Å². The second-order valence-corrected chi connectivity index (χ2v) is 6.11.